The smallest absolute Gasteiger partial charge is 0.416 e. The fourth-order valence-electron chi connectivity index (χ4n) is 3.62. The van der Waals surface area contributed by atoms with Gasteiger partial charge in [0.2, 0.25) is 0 Å². The number of carbonyl (C=O) groups excluding carboxylic acids is 1. The topological polar surface area (TPSA) is 83.0 Å². The molecule has 0 bridgehead atoms. The summed E-state index contributed by atoms with van der Waals surface area (Å²) >= 11 is 0. The minimum absolute atomic E-state index is 0.0531. The van der Waals surface area contributed by atoms with Crippen LogP contribution >= 0.6 is 0 Å². The molecule has 2 aromatic heterocycles. The quantitative estimate of drug-likeness (QED) is 0.359. The van der Waals surface area contributed by atoms with Gasteiger partial charge in [0.25, 0.3) is 0 Å². The molecule has 170 valence electrons. The van der Waals surface area contributed by atoms with E-state index < -0.39 is 17.5 Å². The van der Waals surface area contributed by atoms with Crippen molar-refractivity contribution in [3.63, 3.8) is 0 Å². The van der Waals surface area contributed by atoms with Crippen LogP contribution in [0.1, 0.15) is 42.7 Å². The number of carbonyl (C=O) groups is 1. The maximum atomic E-state index is 13.0. The van der Waals surface area contributed by atoms with E-state index in [0.29, 0.717) is 11.6 Å². The summed E-state index contributed by atoms with van der Waals surface area (Å²) in [4.78, 5) is 20.4. The first-order chi connectivity index (χ1) is 15.6. The molecule has 0 fully saturated rings. The van der Waals surface area contributed by atoms with Crippen LogP contribution in [-0.2, 0) is 6.18 Å². The molecule has 0 radical (unpaired) electrons. The number of nitrogens with zero attached hydrogens (tertiary/aromatic N) is 3. The molecule has 0 saturated heterocycles. The first-order valence-electron chi connectivity index (χ1n) is 10.2. The summed E-state index contributed by atoms with van der Waals surface area (Å²) in [5.41, 5.74) is 7.50. The van der Waals surface area contributed by atoms with Gasteiger partial charge in [0.05, 0.1) is 16.5 Å². The summed E-state index contributed by atoms with van der Waals surface area (Å²) in [5.74, 6) is 0.269. The second-order valence-corrected chi connectivity index (χ2v) is 7.89. The molecule has 2 N–H and O–H groups in total. The van der Waals surface area contributed by atoms with Gasteiger partial charge in [-0.3, -0.25) is 4.79 Å². The molecule has 4 rings (SSSR count). The fraction of sp³-hybridized carbons (Fsp3) is 0.208. The number of fused-ring (bicyclic) bond motifs is 1. The number of benzene rings is 2. The maximum Gasteiger partial charge on any atom is 0.416 e. The Labute approximate surface area is 187 Å². The van der Waals surface area contributed by atoms with Crippen LogP contribution in [0.5, 0.6) is 11.5 Å². The molecule has 0 spiro atoms. The van der Waals surface area contributed by atoms with Crippen LogP contribution in [-0.4, -0.2) is 20.3 Å². The number of nitrogen functional groups attached to an aromatic ring is 1. The van der Waals surface area contributed by atoms with Gasteiger partial charge in [0, 0.05) is 17.8 Å². The second-order valence-electron chi connectivity index (χ2n) is 7.89. The number of rotatable bonds is 5. The number of Topliss-reactive ketones (excluding diaryl/α,β-unsaturated/α-hetero) is 1. The number of hydrogen-bond acceptors (Lipinski definition) is 5. The van der Waals surface area contributed by atoms with Gasteiger partial charge >= 0.3 is 6.18 Å². The van der Waals surface area contributed by atoms with E-state index in [0.717, 1.165) is 40.4 Å². The lowest BCUT2D eigenvalue weighted by atomic mass is 10.1. The Balaban J connectivity index is 1.69. The van der Waals surface area contributed by atoms with Gasteiger partial charge in [0.1, 0.15) is 29.3 Å². The number of aromatic nitrogens is 3. The van der Waals surface area contributed by atoms with E-state index in [1.54, 1.807) is 24.3 Å². The number of hydrogen-bond donors (Lipinski definition) is 1. The lowest BCUT2D eigenvalue weighted by molar-refractivity contribution is -0.137. The lowest BCUT2D eigenvalue weighted by Gasteiger charge is -2.13. The highest BCUT2D eigenvalue weighted by atomic mass is 19.4. The van der Waals surface area contributed by atoms with Crippen molar-refractivity contribution in [2.75, 3.05) is 5.73 Å². The van der Waals surface area contributed by atoms with E-state index in [1.165, 1.54) is 13.3 Å². The summed E-state index contributed by atoms with van der Waals surface area (Å²) in [6.45, 7) is 5.27. The maximum absolute atomic E-state index is 13.0. The number of alkyl halides is 3. The molecule has 4 aromatic rings. The summed E-state index contributed by atoms with van der Waals surface area (Å²) in [7, 11) is 0. The molecule has 0 aliphatic rings. The molecule has 2 aromatic carbocycles. The van der Waals surface area contributed by atoms with Gasteiger partial charge in [-0.1, -0.05) is 12.1 Å². The predicted octanol–water partition coefficient (Wildman–Crippen LogP) is 6.28. The average Bonchev–Trinajstić information content (AvgIpc) is 3.15. The van der Waals surface area contributed by atoms with Crippen LogP contribution in [0.15, 0.2) is 55.0 Å². The molecule has 0 unspecified atom stereocenters. The van der Waals surface area contributed by atoms with E-state index in [2.05, 4.69) is 9.97 Å². The van der Waals surface area contributed by atoms with Crippen molar-refractivity contribution in [2.24, 2.45) is 0 Å². The summed E-state index contributed by atoms with van der Waals surface area (Å²) < 4.78 is 46.8. The van der Waals surface area contributed by atoms with Crippen molar-refractivity contribution >= 4 is 22.6 Å². The summed E-state index contributed by atoms with van der Waals surface area (Å²) in [6.07, 6.45) is -1.17. The number of halogens is 3. The predicted molar refractivity (Wildman–Crippen MR) is 119 cm³/mol. The second kappa shape index (κ2) is 8.23. The van der Waals surface area contributed by atoms with Crippen molar-refractivity contribution in [1.82, 2.24) is 14.5 Å². The molecule has 0 amide bonds. The van der Waals surface area contributed by atoms with Crippen molar-refractivity contribution in [2.45, 2.75) is 33.0 Å². The first kappa shape index (κ1) is 22.3. The van der Waals surface area contributed by atoms with Crippen LogP contribution in [0.3, 0.4) is 0 Å². The Morgan fingerprint density at radius 2 is 1.79 bits per heavy atom. The molecule has 0 saturated carbocycles. The van der Waals surface area contributed by atoms with Crippen molar-refractivity contribution in [3.8, 4) is 22.6 Å². The normalized spacial score (nSPS) is 11.8. The SMILES string of the molecule is CC(=O)c1cc(C(F)(F)F)ccc1Oc1ccc(-c2cn(C(C)C)c3ncnc(N)c23)cc1. The van der Waals surface area contributed by atoms with E-state index in [-0.39, 0.29) is 17.4 Å². The Morgan fingerprint density at radius 3 is 2.39 bits per heavy atom. The third-order valence-electron chi connectivity index (χ3n) is 5.27. The highest BCUT2D eigenvalue weighted by molar-refractivity contribution is 6.00. The van der Waals surface area contributed by atoms with E-state index >= 15 is 0 Å². The van der Waals surface area contributed by atoms with Crippen LogP contribution in [0.4, 0.5) is 19.0 Å². The lowest BCUT2D eigenvalue weighted by Crippen LogP contribution is -2.07. The molecule has 9 heteroatoms. The minimum Gasteiger partial charge on any atom is -0.457 e. The largest absolute Gasteiger partial charge is 0.457 e. The molecular weight excluding hydrogens is 433 g/mol. The summed E-state index contributed by atoms with van der Waals surface area (Å²) in [5, 5.41) is 0.737. The third kappa shape index (κ3) is 4.26. The first-order valence-corrected chi connectivity index (χ1v) is 10.2. The van der Waals surface area contributed by atoms with Crippen LogP contribution in [0.2, 0.25) is 0 Å². The highest BCUT2D eigenvalue weighted by Gasteiger charge is 2.31. The molecule has 0 atom stereocenters. The summed E-state index contributed by atoms with van der Waals surface area (Å²) in [6, 6.07) is 9.96. The van der Waals surface area contributed by atoms with Gasteiger partial charge in [-0.15, -0.1) is 0 Å². The van der Waals surface area contributed by atoms with Gasteiger partial charge < -0.3 is 15.0 Å². The van der Waals surface area contributed by atoms with E-state index in [1.807, 2.05) is 24.6 Å². The third-order valence-corrected chi connectivity index (χ3v) is 5.27. The Kier molecular flexibility index (Phi) is 5.57. The van der Waals surface area contributed by atoms with Gasteiger partial charge in [0.15, 0.2) is 5.78 Å². The van der Waals surface area contributed by atoms with Gasteiger partial charge in [-0.05, 0) is 56.7 Å². The molecule has 0 aliphatic heterocycles. The van der Waals surface area contributed by atoms with Gasteiger partial charge in [-0.25, -0.2) is 9.97 Å². The minimum atomic E-state index is -4.55. The van der Waals surface area contributed by atoms with E-state index in [9.17, 15) is 18.0 Å². The number of ether oxygens (including phenoxy) is 1. The Bertz CT molecular complexity index is 1340. The van der Waals surface area contributed by atoms with E-state index in [4.69, 9.17) is 10.5 Å². The highest BCUT2D eigenvalue weighted by Crippen LogP contribution is 2.37. The number of anilines is 1. The van der Waals surface area contributed by atoms with Gasteiger partial charge in [-0.2, -0.15) is 13.2 Å². The van der Waals surface area contributed by atoms with Crippen LogP contribution in [0.25, 0.3) is 22.2 Å². The average molecular weight is 454 g/mol. The Hall–Kier alpha value is -3.88. The molecule has 33 heavy (non-hydrogen) atoms. The Morgan fingerprint density at radius 1 is 1.09 bits per heavy atom. The van der Waals surface area contributed by atoms with Crippen molar-refractivity contribution < 1.29 is 22.7 Å². The molecular formula is C24H21F3N4O2. The zero-order valence-electron chi connectivity index (χ0n) is 18.1. The molecule has 0 aliphatic carbocycles. The molecule has 6 nitrogen and oxygen atoms in total. The van der Waals surface area contributed by atoms with Crippen molar-refractivity contribution in [3.05, 3.63) is 66.1 Å². The monoisotopic (exact) mass is 454 g/mol. The zero-order valence-corrected chi connectivity index (χ0v) is 18.1. The zero-order chi connectivity index (χ0) is 23.9. The van der Waals surface area contributed by atoms with Crippen molar-refractivity contribution in [1.29, 1.82) is 0 Å². The fourth-order valence-corrected chi connectivity index (χ4v) is 3.62. The number of nitrogens with two attached hydrogens (primary N) is 1. The standard InChI is InChI=1S/C24H21F3N4O2/c1-13(2)31-11-19(21-22(28)29-12-30-23(21)31)15-4-7-17(8-5-15)33-20-9-6-16(24(25,26)27)10-18(20)14(3)32/h4-13H,1-3H3,(H2,28,29,30). The number of ketones is 1. The molecule has 2 heterocycles. The van der Waals surface area contributed by atoms with Crippen LogP contribution < -0.4 is 10.5 Å². The van der Waals surface area contributed by atoms with Crippen LogP contribution in [0, 0.1) is 0 Å².